The smallest absolute Gasteiger partial charge is 0.160 e. The Balaban J connectivity index is 1.76. The van der Waals surface area contributed by atoms with Crippen molar-refractivity contribution in [2.24, 2.45) is 0 Å². The number of rotatable bonds is 5. The Morgan fingerprint density at radius 1 is 1.12 bits per heavy atom. The second-order valence-corrected chi connectivity index (χ2v) is 6.60. The second kappa shape index (κ2) is 6.63. The van der Waals surface area contributed by atoms with E-state index >= 15 is 0 Å². The first-order valence-corrected chi connectivity index (χ1v) is 8.72. The van der Waals surface area contributed by atoms with E-state index in [1.807, 2.05) is 43.0 Å². The van der Waals surface area contributed by atoms with Gasteiger partial charge in [-0.3, -0.25) is 0 Å². The first-order valence-electron chi connectivity index (χ1n) is 8.72. The third-order valence-corrected chi connectivity index (χ3v) is 4.66. The number of hydrogen-bond donors (Lipinski definition) is 1. The van der Waals surface area contributed by atoms with Crippen LogP contribution in [0.2, 0.25) is 0 Å². The van der Waals surface area contributed by atoms with Crippen LogP contribution in [0.3, 0.4) is 0 Å². The molecule has 0 saturated carbocycles. The molecule has 3 aromatic heterocycles. The molecule has 0 fully saturated rings. The molecule has 0 aliphatic heterocycles. The monoisotopic (exact) mass is 346 g/mol. The van der Waals surface area contributed by atoms with Crippen molar-refractivity contribution in [3.05, 3.63) is 77.6 Å². The number of benzene rings is 1. The van der Waals surface area contributed by atoms with Gasteiger partial charge in [-0.05, 0) is 26.3 Å². The number of nitrogens with zero attached hydrogens (tertiary/aromatic N) is 5. The fourth-order valence-electron chi connectivity index (χ4n) is 3.16. The highest BCUT2D eigenvalue weighted by atomic mass is 15.3. The average Bonchev–Trinajstić information content (AvgIpc) is 3.25. The van der Waals surface area contributed by atoms with Gasteiger partial charge in [0.15, 0.2) is 5.65 Å². The number of hydrogen-bond acceptors (Lipinski definition) is 4. The molecule has 0 radical (unpaired) electrons. The summed E-state index contributed by atoms with van der Waals surface area (Å²) >= 11 is 0. The van der Waals surface area contributed by atoms with Gasteiger partial charge in [0.05, 0.1) is 18.1 Å². The molecule has 3 heterocycles. The van der Waals surface area contributed by atoms with E-state index in [4.69, 9.17) is 0 Å². The molecule has 0 aliphatic rings. The van der Waals surface area contributed by atoms with Crippen LogP contribution < -0.4 is 5.32 Å². The molecule has 0 aliphatic carbocycles. The van der Waals surface area contributed by atoms with Crippen molar-refractivity contribution in [1.82, 2.24) is 24.1 Å². The topological polar surface area (TPSA) is 60.0 Å². The van der Waals surface area contributed by atoms with E-state index in [0.717, 1.165) is 35.0 Å². The van der Waals surface area contributed by atoms with Crippen LogP contribution >= 0.6 is 0 Å². The lowest BCUT2D eigenvalue weighted by Gasteiger charge is -2.21. The van der Waals surface area contributed by atoms with E-state index < -0.39 is 0 Å². The Morgan fingerprint density at radius 3 is 2.65 bits per heavy atom. The van der Waals surface area contributed by atoms with Crippen LogP contribution in [0.25, 0.3) is 5.65 Å². The summed E-state index contributed by atoms with van der Waals surface area (Å²) < 4.78 is 3.98. The van der Waals surface area contributed by atoms with Gasteiger partial charge in [-0.15, -0.1) is 0 Å². The minimum atomic E-state index is 0.0835. The summed E-state index contributed by atoms with van der Waals surface area (Å²) in [5.41, 5.74) is 5.20. The maximum atomic E-state index is 4.67. The SMILES string of the molecule is Cc1cc(N[C@@H](Cn2ccnc2)c2ccccc2)n2nc(C)c(C)c2n1. The molecule has 0 unspecified atom stereocenters. The van der Waals surface area contributed by atoms with Crippen LogP contribution in [0, 0.1) is 20.8 Å². The molecule has 132 valence electrons. The summed E-state index contributed by atoms with van der Waals surface area (Å²) in [5.74, 6) is 0.942. The Kier molecular flexibility index (Phi) is 4.16. The maximum Gasteiger partial charge on any atom is 0.160 e. The number of aromatic nitrogens is 5. The van der Waals surface area contributed by atoms with Gasteiger partial charge in [-0.2, -0.15) is 9.61 Å². The van der Waals surface area contributed by atoms with Crippen molar-refractivity contribution >= 4 is 11.5 Å². The minimum Gasteiger partial charge on any atom is -0.361 e. The van der Waals surface area contributed by atoms with Gasteiger partial charge in [0.25, 0.3) is 0 Å². The zero-order valence-corrected chi connectivity index (χ0v) is 15.2. The Labute approximate surface area is 152 Å². The molecule has 0 amide bonds. The van der Waals surface area contributed by atoms with Crippen molar-refractivity contribution in [3.8, 4) is 0 Å². The fourth-order valence-corrected chi connectivity index (χ4v) is 3.16. The van der Waals surface area contributed by atoms with Gasteiger partial charge in [-0.25, -0.2) is 9.97 Å². The van der Waals surface area contributed by atoms with Crippen LogP contribution in [0.15, 0.2) is 55.1 Å². The molecule has 1 N–H and O–H groups in total. The number of nitrogens with one attached hydrogen (secondary N) is 1. The van der Waals surface area contributed by atoms with E-state index in [1.165, 1.54) is 5.56 Å². The van der Waals surface area contributed by atoms with E-state index in [-0.39, 0.29) is 6.04 Å². The molecule has 1 aromatic carbocycles. The van der Waals surface area contributed by atoms with Crippen LogP contribution in [0.5, 0.6) is 0 Å². The standard InChI is InChI=1S/C20H22N6/c1-14-11-19(26-20(22-14)15(2)16(3)24-26)23-18(12-25-10-9-21-13-25)17-7-5-4-6-8-17/h4-11,13,18,23H,12H2,1-3H3/t18-/m0/s1. The number of fused-ring (bicyclic) bond motifs is 1. The second-order valence-electron chi connectivity index (χ2n) is 6.60. The molecule has 0 bridgehead atoms. The average molecular weight is 346 g/mol. The summed E-state index contributed by atoms with van der Waals surface area (Å²) in [4.78, 5) is 8.82. The summed E-state index contributed by atoms with van der Waals surface area (Å²) in [6, 6.07) is 12.6. The first-order chi connectivity index (χ1) is 12.6. The summed E-state index contributed by atoms with van der Waals surface area (Å²) in [5, 5.41) is 8.34. The largest absolute Gasteiger partial charge is 0.361 e. The van der Waals surface area contributed by atoms with E-state index in [2.05, 4.69) is 56.1 Å². The molecular weight excluding hydrogens is 324 g/mol. The number of aryl methyl sites for hydroxylation is 3. The highest BCUT2D eigenvalue weighted by molar-refractivity contribution is 5.56. The Morgan fingerprint density at radius 2 is 1.92 bits per heavy atom. The van der Waals surface area contributed by atoms with Gasteiger partial charge >= 0.3 is 0 Å². The fraction of sp³-hybridized carbons (Fsp3) is 0.250. The number of imidazole rings is 1. The summed E-state index contributed by atoms with van der Waals surface area (Å²) in [6.45, 7) is 6.86. The molecule has 0 saturated heterocycles. The van der Waals surface area contributed by atoms with Gasteiger partial charge in [0, 0.05) is 36.3 Å². The van der Waals surface area contributed by atoms with Crippen LogP contribution in [-0.4, -0.2) is 24.1 Å². The van der Waals surface area contributed by atoms with Crippen molar-refractivity contribution < 1.29 is 0 Å². The van der Waals surface area contributed by atoms with Crippen molar-refractivity contribution in [1.29, 1.82) is 0 Å². The van der Waals surface area contributed by atoms with Crippen molar-refractivity contribution in [3.63, 3.8) is 0 Å². The lowest BCUT2D eigenvalue weighted by molar-refractivity contribution is 0.603. The lowest BCUT2D eigenvalue weighted by atomic mass is 10.1. The molecule has 4 aromatic rings. The van der Waals surface area contributed by atoms with Crippen LogP contribution in [0.1, 0.15) is 28.6 Å². The Hall–Kier alpha value is -3.15. The quantitative estimate of drug-likeness (QED) is 0.598. The highest BCUT2D eigenvalue weighted by Crippen LogP contribution is 2.24. The summed E-state index contributed by atoms with van der Waals surface area (Å²) in [6.07, 6.45) is 5.62. The summed E-state index contributed by atoms with van der Waals surface area (Å²) in [7, 11) is 0. The van der Waals surface area contributed by atoms with E-state index in [0.29, 0.717) is 0 Å². The maximum absolute atomic E-state index is 4.67. The lowest BCUT2D eigenvalue weighted by Crippen LogP contribution is -2.19. The number of anilines is 1. The van der Waals surface area contributed by atoms with Gasteiger partial charge in [0.1, 0.15) is 5.82 Å². The first kappa shape index (κ1) is 16.3. The van der Waals surface area contributed by atoms with Crippen LogP contribution in [0.4, 0.5) is 5.82 Å². The van der Waals surface area contributed by atoms with Gasteiger partial charge in [0.2, 0.25) is 0 Å². The molecule has 6 nitrogen and oxygen atoms in total. The molecule has 1 atom stereocenters. The Bertz CT molecular complexity index is 1020. The molecular formula is C20H22N6. The van der Waals surface area contributed by atoms with Crippen LogP contribution in [-0.2, 0) is 6.54 Å². The van der Waals surface area contributed by atoms with E-state index in [1.54, 1.807) is 6.20 Å². The zero-order valence-electron chi connectivity index (χ0n) is 15.2. The van der Waals surface area contributed by atoms with Crippen molar-refractivity contribution in [2.75, 3.05) is 5.32 Å². The van der Waals surface area contributed by atoms with Gasteiger partial charge in [-0.1, -0.05) is 30.3 Å². The van der Waals surface area contributed by atoms with Crippen molar-refractivity contribution in [2.45, 2.75) is 33.4 Å². The predicted molar refractivity (Wildman–Crippen MR) is 102 cm³/mol. The highest BCUT2D eigenvalue weighted by Gasteiger charge is 2.16. The third kappa shape index (κ3) is 3.06. The molecule has 4 rings (SSSR count). The predicted octanol–water partition coefficient (Wildman–Crippen LogP) is 3.70. The zero-order chi connectivity index (χ0) is 18.1. The van der Waals surface area contributed by atoms with Gasteiger partial charge < -0.3 is 9.88 Å². The minimum absolute atomic E-state index is 0.0835. The normalized spacial score (nSPS) is 12.4. The molecule has 0 spiro atoms. The van der Waals surface area contributed by atoms with E-state index in [9.17, 15) is 0 Å². The third-order valence-electron chi connectivity index (χ3n) is 4.66. The molecule has 6 heteroatoms. The molecule has 26 heavy (non-hydrogen) atoms.